The Morgan fingerprint density at radius 3 is 3.08 bits per heavy atom. The van der Waals surface area contributed by atoms with Crippen LogP contribution < -0.4 is 0 Å². The van der Waals surface area contributed by atoms with Crippen LogP contribution in [0.5, 0.6) is 0 Å². The van der Waals surface area contributed by atoms with Crippen molar-refractivity contribution in [3.05, 3.63) is 28.6 Å². The maximum Gasteiger partial charge on any atom is 0.153 e. The molecule has 2 rings (SSSR count). The van der Waals surface area contributed by atoms with E-state index in [1.54, 1.807) is 12.3 Å². The van der Waals surface area contributed by atoms with E-state index in [1.165, 1.54) is 0 Å². The van der Waals surface area contributed by atoms with Gasteiger partial charge in [0, 0.05) is 16.7 Å². The molecule has 0 radical (unpaired) electrons. The SMILES string of the molecule is OCc1cc2ncc(Br)cc2o1. The number of rotatable bonds is 1. The summed E-state index contributed by atoms with van der Waals surface area (Å²) in [6, 6.07) is 3.54. The fraction of sp³-hybridized carbons (Fsp3) is 0.125. The second-order valence-corrected chi connectivity index (χ2v) is 3.32. The summed E-state index contributed by atoms with van der Waals surface area (Å²) < 4.78 is 6.12. The molecule has 0 amide bonds. The quantitative estimate of drug-likeness (QED) is 0.812. The molecular weight excluding hydrogens is 222 g/mol. The van der Waals surface area contributed by atoms with Crippen molar-refractivity contribution >= 4 is 27.0 Å². The Kier molecular flexibility index (Phi) is 1.86. The van der Waals surface area contributed by atoms with Gasteiger partial charge in [-0.3, -0.25) is 4.98 Å². The van der Waals surface area contributed by atoms with E-state index < -0.39 is 0 Å². The zero-order valence-corrected chi connectivity index (χ0v) is 7.71. The molecular formula is C8H6BrNO2. The third kappa shape index (κ3) is 1.23. The zero-order chi connectivity index (χ0) is 8.55. The lowest BCUT2D eigenvalue weighted by atomic mass is 10.4. The molecule has 0 saturated heterocycles. The Morgan fingerprint density at radius 2 is 2.33 bits per heavy atom. The van der Waals surface area contributed by atoms with E-state index >= 15 is 0 Å². The van der Waals surface area contributed by atoms with Crippen LogP contribution in [0.1, 0.15) is 5.76 Å². The van der Waals surface area contributed by atoms with Gasteiger partial charge >= 0.3 is 0 Å². The molecule has 62 valence electrons. The summed E-state index contributed by atoms with van der Waals surface area (Å²) in [7, 11) is 0. The van der Waals surface area contributed by atoms with E-state index in [1.807, 2.05) is 6.07 Å². The standard InChI is InChI=1S/C8H6BrNO2/c9-5-1-8-7(10-3-5)2-6(4-11)12-8/h1-3,11H,4H2. The molecule has 0 fully saturated rings. The maximum absolute atomic E-state index is 8.77. The van der Waals surface area contributed by atoms with Gasteiger partial charge in [0.25, 0.3) is 0 Å². The number of hydrogen-bond donors (Lipinski definition) is 1. The van der Waals surface area contributed by atoms with Crippen LogP contribution in [0.3, 0.4) is 0 Å². The van der Waals surface area contributed by atoms with E-state index in [0.29, 0.717) is 11.3 Å². The van der Waals surface area contributed by atoms with Gasteiger partial charge in [-0.15, -0.1) is 0 Å². The first-order chi connectivity index (χ1) is 5.79. The number of aromatic nitrogens is 1. The molecule has 0 aliphatic heterocycles. The van der Waals surface area contributed by atoms with Crippen LogP contribution in [0.15, 0.2) is 27.2 Å². The van der Waals surface area contributed by atoms with E-state index in [9.17, 15) is 0 Å². The number of halogens is 1. The number of aliphatic hydroxyl groups is 1. The second-order valence-electron chi connectivity index (χ2n) is 2.41. The minimum Gasteiger partial charge on any atom is -0.457 e. The van der Waals surface area contributed by atoms with Crippen LogP contribution in [0.2, 0.25) is 0 Å². The average molecular weight is 228 g/mol. The summed E-state index contributed by atoms with van der Waals surface area (Å²) in [5, 5.41) is 8.77. The molecule has 2 aromatic heterocycles. The van der Waals surface area contributed by atoms with Crippen LogP contribution in [0.4, 0.5) is 0 Å². The second kappa shape index (κ2) is 2.88. The molecule has 4 heteroatoms. The highest BCUT2D eigenvalue weighted by Crippen LogP contribution is 2.20. The third-order valence-electron chi connectivity index (χ3n) is 1.54. The minimum absolute atomic E-state index is 0.0893. The highest BCUT2D eigenvalue weighted by Gasteiger charge is 2.03. The molecule has 0 saturated carbocycles. The summed E-state index contributed by atoms with van der Waals surface area (Å²) in [6.45, 7) is -0.0893. The third-order valence-corrected chi connectivity index (χ3v) is 1.98. The Hall–Kier alpha value is -0.870. The fourth-order valence-electron chi connectivity index (χ4n) is 1.02. The molecule has 3 nitrogen and oxygen atoms in total. The highest BCUT2D eigenvalue weighted by molar-refractivity contribution is 9.10. The van der Waals surface area contributed by atoms with Crippen molar-refractivity contribution in [3.63, 3.8) is 0 Å². The summed E-state index contributed by atoms with van der Waals surface area (Å²) in [5.74, 6) is 0.538. The zero-order valence-electron chi connectivity index (χ0n) is 6.12. The van der Waals surface area contributed by atoms with Crippen molar-refractivity contribution in [2.75, 3.05) is 0 Å². The number of hydrogen-bond acceptors (Lipinski definition) is 3. The first kappa shape index (κ1) is 7.76. The first-order valence-corrected chi connectivity index (χ1v) is 4.24. The Bertz CT molecular complexity index is 410. The maximum atomic E-state index is 8.77. The van der Waals surface area contributed by atoms with Crippen molar-refractivity contribution < 1.29 is 9.52 Å². The summed E-state index contributed by atoms with van der Waals surface area (Å²) in [4.78, 5) is 4.10. The van der Waals surface area contributed by atoms with Gasteiger partial charge in [-0.05, 0) is 22.0 Å². The first-order valence-electron chi connectivity index (χ1n) is 3.44. The normalized spacial score (nSPS) is 10.8. The van der Waals surface area contributed by atoms with E-state index in [2.05, 4.69) is 20.9 Å². The van der Waals surface area contributed by atoms with E-state index in [0.717, 1.165) is 9.99 Å². The number of aliphatic hydroxyl groups excluding tert-OH is 1. The molecule has 0 aliphatic rings. The lowest BCUT2D eigenvalue weighted by molar-refractivity contribution is 0.251. The van der Waals surface area contributed by atoms with Crippen LogP contribution in [-0.4, -0.2) is 10.1 Å². The smallest absolute Gasteiger partial charge is 0.153 e. The summed E-state index contributed by atoms with van der Waals surface area (Å²) in [6.07, 6.45) is 1.69. The van der Waals surface area contributed by atoms with Gasteiger partial charge in [0.05, 0.1) is 0 Å². The number of nitrogens with zero attached hydrogens (tertiary/aromatic N) is 1. The van der Waals surface area contributed by atoms with Crippen LogP contribution in [0.25, 0.3) is 11.1 Å². The van der Waals surface area contributed by atoms with Gasteiger partial charge in [0.1, 0.15) is 17.9 Å². The predicted molar refractivity (Wildman–Crippen MR) is 47.6 cm³/mol. The van der Waals surface area contributed by atoms with Crippen LogP contribution in [0, 0.1) is 0 Å². The number of furan rings is 1. The van der Waals surface area contributed by atoms with Gasteiger partial charge in [-0.25, -0.2) is 0 Å². The lowest BCUT2D eigenvalue weighted by Crippen LogP contribution is -1.73. The predicted octanol–water partition coefficient (Wildman–Crippen LogP) is 2.08. The molecule has 0 atom stereocenters. The van der Waals surface area contributed by atoms with Crippen molar-refractivity contribution in [1.29, 1.82) is 0 Å². The Balaban J connectivity index is 2.67. The van der Waals surface area contributed by atoms with Crippen LogP contribution >= 0.6 is 15.9 Å². The van der Waals surface area contributed by atoms with Crippen molar-refractivity contribution in [1.82, 2.24) is 4.98 Å². The van der Waals surface area contributed by atoms with Gasteiger partial charge in [-0.1, -0.05) is 0 Å². The van der Waals surface area contributed by atoms with E-state index in [-0.39, 0.29) is 6.61 Å². The van der Waals surface area contributed by atoms with Crippen molar-refractivity contribution in [2.45, 2.75) is 6.61 Å². The molecule has 2 aromatic rings. The average Bonchev–Trinajstić information content (AvgIpc) is 2.46. The Labute approximate surface area is 77.2 Å². The molecule has 2 heterocycles. The lowest BCUT2D eigenvalue weighted by Gasteiger charge is -1.87. The van der Waals surface area contributed by atoms with Crippen LogP contribution in [-0.2, 0) is 6.61 Å². The monoisotopic (exact) mass is 227 g/mol. The van der Waals surface area contributed by atoms with Crippen molar-refractivity contribution in [3.8, 4) is 0 Å². The highest BCUT2D eigenvalue weighted by atomic mass is 79.9. The van der Waals surface area contributed by atoms with Gasteiger partial charge in [-0.2, -0.15) is 0 Å². The van der Waals surface area contributed by atoms with E-state index in [4.69, 9.17) is 9.52 Å². The molecule has 0 spiro atoms. The van der Waals surface area contributed by atoms with Gasteiger partial charge in [0.15, 0.2) is 5.58 Å². The molecule has 12 heavy (non-hydrogen) atoms. The summed E-state index contributed by atoms with van der Waals surface area (Å²) in [5.41, 5.74) is 1.45. The minimum atomic E-state index is -0.0893. The topological polar surface area (TPSA) is 46.3 Å². The fourth-order valence-corrected chi connectivity index (χ4v) is 1.33. The molecule has 0 unspecified atom stereocenters. The Morgan fingerprint density at radius 1 is 1.50 bits per heavy atom. The van der Waals surface area contributed by atoms with Gasteiger partial charge in [0.2, 0.25) is 0 Å². The molecule has 0 aromatic carbocycles. The number of pyridine rings is 1. The molecule has 1 N–H and O–H groups in total. The number of fused-ring (bicyclic) bond motifs is 1. The summed E-state index contributed by atoms with van der Waals surface area (Å²) >= 11 is 3.28. The van der Waals surface area contributed by atoms with Gasteiger partial charge < -0.3 is 9.52 Å². The van der Waals surface area contributed by atoms with Crippen molar-refractivity contribution in [2.24, 2.45) is 0 Å². The largest absolute Gasteiger partial charge is 0.457 e. The molecule has 0 bridgehead atoms. The molecule has 0 aliphatic carbocycles.